The molecular weight excluding hydrogens is 192 g/mol. The second kappa shape index (κ2) is 4.21. The lowest BCUT2D eigenvalue weighted by Gasteiger charge is -2.16. The number of hydrazone groups is 1. The van der Waals surface area contributed by atoms with E-state index in [2.05, 4.69) is 10.5 Å². The molecule has 1 aromatic carbocycles. The van der Waals surface area contributed by atoms with Crippen molar-refractivity contribution < 1.29 is 10.2 Å². The summed E-state index contributed by atoms with van der Waals surface area (Å²) in [5.41, 5.74) is 3.57. The van der Waals surface area contributed by atoms with Gasteiger partial charge in [0.2, 0.25) is 0 Å². The van der Waals surface area contributed by atoms with Crippen LogP contribution in [0.2, 0.25) is 0 Å². The minimum absolute atomic E-state index is 0.0878. The van der Waals surface area contributed by atoms with Crippen molar-refractivity contribution in [2.75, 3.05) is 0 Å². The second-order valence-electron chi connectivity index (χ2n) is 4.37. The molecule has 15 heavy (non-hydrogen) atoms. The van der Waals surface area contributed by atoms with Gasteiger partial charge in [-0.15, -0.1) is 0 Å². The minimum atomic E-state index is -0.144. The van der Waals surface area contributed by atoms with Crippen LogP contribution in [0.15, 0.2) is 23.3 Å². The van der Waals surface area contributed by atoms with E-state index in [0.717, 1.165) is 5.56 Å². The lowest BCUT2D eigenvalue weighted by molar-refractivity contribution is 0.403. The number of hydrogen-bond donors (Lipinski definition) is 3. The third-order valence-corrected chi connectivity index (χ3v) is 1.61. The molecule has 4 heteroatoms. The number of benzene rings is 1. The number of phenols is 2. The zero-order valence-electron chi connectivity index (χ0n) is 9.15. The molecule has 0 amide bonds. The highest BCUT2D eigenvalue weighted by molar-refractivity contribution is 5.80. The molecule has 0 aliphatic rings. The van der Waals surface area contributed by atoms with Crippen molar-refractivity contribution in [3.63, 3.8) is 0 Å². The van der Waals surface area contributed by atoms with Crippen LogP contribution in [0.5, 0.6) is 11.5 Å². The average Bonchev–Trinajstić information content (AvgIpc) is 2.09. The Morgan fingerprint density at radius 3 is 2.40 bits per heavy atom. The van der Waals surface area contributed by atoms with Crippen LogP contribution >= 0.6 is 0 Å². The van der Waals surface area contributed by atoms with E-state index in [9.17, 15) is 5.11 Å². The van der Waals surface area contributed by atoms with Gasteiger partial charge < -0.3 is 15.6 Å². The molecule has 4 nitrogen and oxygen atoms in total. The molecule has 0 spiro atoms. The topological polar surface area (TPSA) is 64.9 Å². The van der Waals surface area contributed by atoms with E-state index >= 15 is 0 Å². The molecule has 0 heterocycles. The van der Waals surface area contributed by atoms with Crippen LogP contribution in [0.3, 0.4) is 0 Å². The molecule has 1 aromatic rings. The third kappa shape index (κ3) is 3.89. The van der Waals surface area contributed by atoms with Crippen LogP contribution in [0.1, 0.15) is 26.3 Å². The zero-order valence-corrected chi connectivity index (χ0v) is 9.15. The van der Waals surface area contributed by atoms with Gasteiger partial charge in [0.05, 0.1) is 6.21 Å². The van der Waals surface area contributed by atoms with Gasteiger partial charge in [-0.25, -0.2) is 0 Å². The van der Waals surface area contributed by atoms with Crippen molar-refractivity contribution >= 4 is 6.21 Å². The SMILES string of the molecule is CC(C)(C)NN=Cc1ccc(O)c(O)c1. The Morgan fingerprint density at radius 1 is 1.20 bits per heavy atom. The summed E-state index contributed by atoms with van der Waals surface area (Å²) >= 11 is 0. The molecule has 0 saturated heterocycles. The van der Waals surface area contributed by atoms with Crippen LogP contribution < -0.4 is 5.43 Å². The lowest BCUT2D eigenvalue weighted by Crippen LogP contribution is -2.31. The Morgan fingerprint density at radius 2 is 1.87 bits per heavy atom. The van der Waals surface area contributed by atoms with E-state index in [1.165, 1.54) is 12.1 Å². The standard InChI is InChI=1S/C11H16N2O2/c1-11(2,3)13-12-7-8-4-5-9(14)10(15)6-8/h4-7,13-15H,1-3H3. The number of hydrogen-bond acceptors (Lipinski definition) is 4. The van der Waals surface area contributed by atoms with Gasteiger partial charge in [0.1, 0.15) is 0 Å². The molecule has 0 atom stereocenters. The average molecular weight is 208 g/mol. The molecule has 0 unspecified atom stereocenters. The van der Waals surface area contributed by atoms with Crippen LogP contribution in [0, 0.1) is 0 Å². The summed E-state index contributed by atoms with van der Waals surface area (Å²) in [5.74, 6) is -0.273. The van der Waals surface area contributed by atoms with Gasteiger partial charge in [-0.1, -0.05) is 0 Å². The normalized spacial score (nSPS) is 11.9. The van der Waals surface area contributed by atoms with E-state index in [1.807, 2.05) is 20.8 Å². The van der Waals surface area contributed by atoms with Crippen molar-refractivity contribution in [2.45, 2.75) is 26.3 Å². The molecule has 0 aliphatic heterocycles. The molecule has 82 valence electrons. The van der Waals surface area contributed by atoms with E-state index in [0.29, 0.717) is 0 Å². The van der Waals surface area contributed by atoms with Crippen molar-refractivity contribution in [2.24, 2.45) is 5.10 Å². The summed E-state index contributed by atoms with van der Waals surface area (Å²) < 4.78 is 0. The second-order valence-corrected chi connectivity index (χ2v) is 4.37. The van der Waals surface area contributed by atoms with E-state index in [1.54, 1.807) is 12.3 Å². The summed E-state index contributed by atoms with van der Waals surface area (Å²) in [5, 5.41) is 22.3. The van der Waals surface area contributed by atoms with E-state index in [-0.39, 0.29) is 17.0 Å². The minimum Gasteiger partial charge on any atom is -0.504 e. The van der Waals surface area contributed by atoms with Crippen molar-refractivity contribution in [3.05, 3.63) is 23.8 Å². The first-order chi connectivity index (χ1) is 6.88. The highest BCUT2D eigenvalue weighted by atomic mass is 16.3. The molecule has 0 saturated carbocycles. The Kier molecular flexibility index (Phi) is 3.19. The smallest absolute Gasteiger partial charge is 0.158 e. The summed E-state index contributed by atoms with van der Waals surface area (Å²) in [6.45, 7) is 6.00. The number of nitrogens with zero attached hydrogens (tertiary/aromatic N) is 1. The van der Waals surface area contributed by atoms with Gasteiger partial charge in [0.25, 0.3) is 0 Å². The Labute approximate surface area is 89.3 Å². The predicted molar refractivity (Wildman–Crippen MR) is 60.3 cm³/mol. The number of rotatable bonds is 2. The first-order valence-electron chi connectivity index (χ1n) is 4.71. The van der Waals surface area contributed by atoms with Gasteiger partial charge in [0, 0.05) is 5.54 Å². The fourth-order valence-electron chi connectivity index (χ4n) is 0.921. The maximum absolute atomic E-state index is 9.23. The maximum atomic E-state index is 9.23. The molecule has 1 rings (SSSR count). The summed E-state index contributed by atoms with van der Waals surface area (Å²) in [6, 6.07) is 4.54. The van der Waals surface area contributed by atoms with Gasteiger partial charge in [-0.3, -0.25) is 0 Å². The van der Waals surface area contributed by atoms with Crippen molar-refractivity contribution in [1.82, 2.24) is 5.43 Å². The summed E-state index contributed by atoms with van der Waals surface area (Å²) in [4.78, 5) is 0. The van der Waals surface area contributed by atoms with E-state index in [4.69, 9.17) is 5.11 Å². The molecule has 3 N–H and O–H groups in total. The fraction of sp³-hybridized carbons (Fsp3) is 0.364. The van der Waals surface area contributed by atoms with Crippen LogP contribution in [0.25, 0.3) is 0 Å². The van der Waals surface area contributed by atoms with Gasteiger partial charge in [-0.05, 0) is 44.5 Å². The number of phenolic OH excluding ortho intramolecular Hbond substituents is 2. The molecule has 0 aliphatic carbocycles. The monoisotopic (exact) mass is 208 g/mol. The van der Waals surface area contributed by atoms with Gasteiger partial charge >= 0.3 is 0 Å². The molecular formula is C11H16N2O2. The maximum Gasteiger partial charge on any atom is 0.158 e. The van der Waals surface area contributed by atoms with Gasteiger partial charge in [-0.2, -0.15) is 5.10 Å². The van der Waals surface area contributed by atoms with Crippen LogP contribution in [-0.4, -0.2) is 22.0 Å². The number of nitrogens with one attached hydrogen (secondary N) is 1. The predicted octanol–water partition coefficient (Wildman–Crippen LogP) is 1.82. The highest BCUT2D eigenvalue weighted by Gasteiger charge is 2.05. The Hall–Kier alpha value is -1.71. The summed E-state index contributed by atoms with van der Waals surface area (Å²) in [7, 11) is 0. The van der Waals surface area contributed by atoms with Crippen LogP contribution in [-0.2, 0) is 0 Å². The first kappa shape index (κ1) is 11.4. The molecule has 0 radical (unpaired) electrons. The molecule has 0 fully saturated rings. The zero-order chi connectivity index (χ0) is 11.5. The van der Waals surface area contributed by atoms with Crippen LogP contribution in [0.4, 0.5) is 0 Å². The Bertz CT molecular complexity index is 367. The summed E-state index contributed by atoms with van der Waals surface area (Å²) in [6.07, 6.45) is 1.59. The van der Waals surface area contributed by atoms with Gasteiger partial charge in [0.15, 0.2) is 11.5 Å². The largest absolute Gasteiger partial charge is 0.504 e. The lowest BCUT2D eigenvalue weighted by atomic mass is 10.1. The van der Waals surface area contributed by atoms with Crippen molar-refractivity contribution in [1.29, 1.82) is 0 Å². The molecule has 0 aromatic heterocycles. The fourth-order valence-corrected chi connectivity index (χ4v) is 0.921. The first-order valence-corrected chi connectivity index (χ1v) is 4.71. The van der Waals surface area contributed by atoms with Crippen molar-refractivity contribution in [3.8, 4) is 11.5 Å². The molecule has 0 bridgehead atoms. The van der Waals surface area contributed by atoms with E-state index < -0.39 is 0 Å². The Balaban J connectivity index is 2.69. The number of aromatic hydroxyl groups is 2. The highest BCUT2D eigenvalue weighted by Crippen LogP contribution is 2.23. The third-order valence-electron chi connectivity index (χ3n) is 1.61. The quantitative estimate of drug-likeness (QED) is 0.394.